The van der Waals surface area contributed by atoms with E-state index in [9.17, 15) is 14.7 Å². The predicted octanol–water partition coefficient (Wildman–Crippen LogP) is 0.0232. The van der Waals surface area contributed by atoms with Crippen LogP contribution in [-0.2, 0) is 11.3 Å². The number of carbonyl (C=O) groups excluding carboxylic acids is 1. The van der Waals surface area contributed by atoms with Gasteiger partial charge in [0.2, 0.25) is 0 Å². The molecule has 0 aliphatic rings. The highest BCUT2D eigenvalue weighted by Gasteiger charge is 2.24. The van der Waals surface area contributed by atoms with Crippen molar-refractivity contribution < 1.29 is 19.8 Å². The fraction of sp³-hybridized carbons (Fsp3) is 0.417. The predicted molar refractivity (Wildman–Crippen MR) is 67.5 cm³/mol. The topological polar surface area (TPSA) is 112 Å². The van der Waals surface area contributed by atoms with Crippen LogP contribution in [0.3, 0.4) is 0 Å². The van der Waals surface area contributed by atoms with Gasteiger partial charge in [-0.1, -0.05) is 0 Å². The number of carboxylic acid groups (broad SMARTS) is 1. The number of carbonyl (C=O) groups is 2. The maximum absolute atomic E-state index is 11.5. The van der Waals surface area contributed by atoms with Gasteiger partial charge in [0, 0.05) is 18.9 Å². The quantitative estimate of drug-likeness (QED) is 0.601. The molecule has 0 aliphatic carbocycles. The molecule has 1 aromatic rings. The van der Waals surface area contributed by atoms with E-state index >= 15 is 0 Å². The molecule has 7 heteroatoms. The number of nitrogens with one attached hydrogen (secondary N) is 2. The number of urea groups is 1. The number of aliphatic hydroxyl groups is 1. The molecule has 0 radical (unpaired) electrons. The molecular formula is C12H17N3O4. The average Bonchev–Trinajstić information content (AvgIpc) is 2.34. The van der Waals surface area contributed by atoms with Crippen LogP contribution >= 0.6 is 0 Å². The van der Waals surface area contributed by atoms with E-state index < -0.39 is 24.1 Å². The molecule has 2 unspecified atom stereocenters. The van der Waals surface area contributed by atoms with Crippen molar-refractivity contribution in [3.63, 3.8) is 0 Å². The number of nitrogens with zero attached hydrogens (tertiary/aromatic N) is 1. The zero-order valence-corrected chi connectivity index (χ0v) is 10.8. The zero-order valence-electron chi connectivity index (χ0n) is 10.8. The van der Waals surface area contributed by atoms with Crippen LogP contribution in [0, 0.1) is 6.92 Å². The maximum Gasteiger partial charge on any atom is 0.328 e. The van der Waals surface area contributed by atoms with Crippen LogP contribution in [0.25, 0.3) is 0 Å². The summed E-state index contributed by atoms with van der Waals surface area (Å²) in [6.45, 7) is 3.41. The van der Waals surface area contributed by atoms with Gasteiger partial charge in [0.1, 0.15) is 0 Å². The molecule has 4 N–H and O–H groups in total. The van der Waals surface area contributed by atoms with Crippen molar-refractivity contribution in [2.24, 2.45) is 0 Å². The number of aliphatic hydroxyl groups excluding tert-OH is 1. The van der Waals surface area contributed by atoms with E-state index in [2.05, 4.69) is 15.6 Å². The number of amides is 2. The van der Waals surface area contributed by atoms with Crippen molar-refractivity contribution in [2.45, 2.75) is 32.5 Å². The average molecular weight is 267 g/mol. The second-order valence-corrected chi connectivity index (χ2v) is 4.19. The molecule has 7 nitrogen and oxygen atoms in total. The minimum Gasteiger partial charge on any atom is -0.480 e. The van der Waals surface area contributed by atoms with Crippen LogP contribution in [-0.4, -0.2) is 39.3 Å². The van der Waals surface area contributed by atoms with E-state index in [0.29, 0.717) is 0 Å². The summed E-state index contributed by atoms with van der Waals surface area (Å²) in [5.41, 5.74) is 1.81. The Labute approximate surface area is 110 Å². The molecule has 0 aromatic carbocycles. The highest BCUT2D eigenvalue weighted by molar-refractivity contribution is 5.82. The molecule has 0 spiro atoms. The van der Waals surface area contributed by atoms with Crippen LogP contribution in [0.5, 0.6) is 0 Å². The van der Waals surface area contributed by atoms with Gasteiger partial charge in [0.15, 0.2) is 6.04 Å². The van der Waals surface area contributed by atoms with Gasteiger partial charge in [-0.25, -0.2) is 9.59 Å². The third-order valence-electron chi connectivity index (χ3n) is 2.61. The van der Waals surface area contributed by atoms with E-state index in [-0.39, 0.29) is 6.54 Å². The number of aliphatic carboxylic acids is 1. The van der Waals surface area contributed by atoms with Gasteiger partial charge in [-0.05, 0) is 31.0 Å². The van der Waals surface area contributed by atoms with Crippen LogP contribution < -0.4 is 10.6 Å². The minimum atomic E-state index is -1.33. The lowest BCUT2D eigenvalue weighted by molar-refractivity contribution is -0.141. The Balaban J connectivity index is 2.52. The SMILES string of the molecule is Cc1cnccc1CNC(=O)NC(C(=O)O)C(C)O. The first kappa shape index (κ1) is 14.9. The zero-order chi connectivity index (χ0) is 14.4. The third kappa shape index (κ3) is 4.55. The van der Waals surface area contributed by atoms with Crippen LogP contribution in [0.1, 0.15) is 18.1 Å². The van der Waals surface area contributed by atoms with Crippen molar-refractivity contribution in [3.05, 3.63) is 29.6 Å². The first-order chi connectivity index (χ1) is 8.91. The number of carboxylic acids is 1. The second kappa shape index (κ2) is 6.69. The summed E-state index contributed by atoms with van der Waals surface area (Å²) in [6, 6.07) is -0.220. The lowest BCUT2D eigenvalue weighted by Crippen LogP contribution is -2.51. The first-order valence-corrected chi connectivity index (χ1v) is 5.76. The Kier molecular flexibility index (Phi) is 5.25. The summed E-state index contributed by atoms with van der Waals surface area (Å²) in [7, 11) is 0. The monoisotopic (exact) mass is 267 g/mol. The number of aromatic nitrogens is 1. The number of hydrogen-bond donors (Lipinski definition) is 4. The molecule has 0 saturated carbocycles. The molecule has 0 saturated heterocycles. The van der Waals surface area contributed by atoms with E-state index in [1.54, 1.807) is 18.5 Å². The number of pyridine rings is 1. The standard InChI is InChI=1S/C12H17N3O4/c1-7-5-13-4-3-9(7)6-14-12(19)15-10(8(2)16)11(17)18/h3-5,8,10,16H,6H2,1-2H3,(H,17,18)(H2,14,15,19). The number of rotatable bonds is 5. The molecule has 1 rings (SSSR count). The minimum absolute atomic E-state index is 0.256. The van der Waals surface area contributed by atoms with Gasteiger partial charge in [0.05, 0.1) is 6.10 Å². The largest absolute Gasteiger partial charge is 0.480 e. The summed E-state index contributed by atoms with van der Waals surface area (Å²) in [5.74, 6) is -1.29. The molecule has 0 fully saturated rings. The van der Waals surface area contributed by atoms with Crippen molar-refractivity contribution >= 4 is 12.0 Å². The molecule has 0 bridgehead atoms. The van der Waals surface area contributed by atoms with Crippen LogP contribution in [0.4, 0.5) is 4.79 Å². The highest BCUT2D eigenvalue weighted by atomic mass is 16.4. The number of aryl methyl sites for hydroxylation is 1. The first-order valence-electron chi connectivity index (χ1n) is 5.76. The van der Waals surface area contributed by atoms with E-state index in [4.69, 9.17) is 5.11 Å². The van der Waals surface area contributed by atoms with Crippen molar-refractivity contribution in [1.29, 1.82) is 0 Å². The smallest absolute Gasteiger partial charge is 0.328 e. The molecule has 104 valence electrons. The highest BCUT2D eigenvalue weighted by Crippen LogP contribution is 2.04. The van der Waals surface area contributed by atoms with Gasteiger partial charge in [-0.3, -0.25) is 4.98 Å². The molecule has 1 aromatic heterocycles. The van der Waals surface area contributed by atoms with Crippen LogP contribution in [0.2, 0.25) is 0 Å². The summed E-state index contributed by atoms with van der Waals surface area (Å²) < 4.78 is 0. The normalized spacial score (nSPS) is 13.4. The van der Waals surface area contributed by atoms with Gasteiger partial charge in [-0.2, -0.15) is 0 Å². The molecule has 2 atom stereocenters. The molecule has 1 heterocycles. The Hall–Kier alpha value is -2.15. The molecular weight excluding hydrogens is 250 g/mol. The summed E-state index contributed by atoms with van der Waals surface area (Å²) >= 11 is 0. The van der Waals surface area contributed by atoms with Crippen molar-refractivity contribution in [2.75, 3.05) is 0 Å². The van der Waals surface area contributed by atoms with E-state index in [0.717, 1.165) is 11.1 Å². The fourth-order valence-corrected chi connectivity index (χ4v) is 1.46. The Morgan fingerprint density at radius 3 is 2.68 bits per heavy atom. The summed E-state index contributed by atoms with van der Waals surface area (Å²) in [5, 5.41) is 22.8. The third-order valence-corrected chi connectivity index (χ3v) is 2.61. The van der Waals surface area contributed by atoms with Gasteiger partial charge >= 0.3 is 12.0 Å². The van der Waals surface area contributed by atoms with Crippen LogP contribution in [0.15, 0.2) is 18.5 Å². The molecule has 0 aliphatic heterocycles. The second-order valence-electron chi connectivity index (χ2n) is 4.19. The number of hydrogen-bond acceptors (Lipinski definition) is 4. The summed E-state index contributed by atoms with van der Waals surface area (Å²) in [6.07, 6.45) is 2.11. The fourth-order valence-electron chi connectivity index (χ4n) is 1.46. The van der Waals surface area contributed by atoms with Gasteiger partial charge < -0.3 is 20.8 Å². The molecule has 19 heavy (non-hydrogen) atoms. The molecule has 2 amide bonds. The Morgan fingerprint density at radius 2 is 2.16 bits per heavy atom. The van der Waals surface area contributed by atoms with Crippen molar-refractivity contribution in [1.82, 2.24) is 15.6 Å². The lowest BCUT2D eigenvalue weighted by atomic mass is 10.1. The van der Waals surface area contributed by atoms with Crippen molar-refractivity contribution in [3.8, 4) is 0 Å². The Morgan fingerprint density at radius 1 is 1.47 bits per heavy atom. The summed E-state index contributed by atoms with van der Waals surface area (Å²) in [4.78, 5) is 26.3. The van der Waals surface area contributed by atoms with E-state index in [1.807, 2.05) is 6.92 Å². The lowest BCUT2D eigenvalue weighted by Gasteiger charge is -2.17. The maximum atomic E-state index is 11.5. The van der Waals surface area contributed by atoms with Gasteiger partial charge in [-0.15, -0.1) is 0 Å². The Bertz CT molecular complexity index is 462. The van der Waals surface area contributed by atoms with Gasteiger partial charge in [0.25, 0.3) is 0 Å². The van der Waals surface area contributed by atoms with E-state index in [1.165, 1.54) is 6.92 Å².